The Balaban J connectivity index is 2.06. The van der Waals surface area contributed by atoms with Crippen LogP contribution in [0.1, 0.15) is 15.9 Å². The monoisotopic (exact) mass is 326 g/mol. The number of amides is 1. The molecule has 0 unspecified atom stereocenters. The van der Waals surface area contributed by atoms with Gasteiger partial charge in [-0.2, -0.15) is 0 Å². The topological polar surface area (TPSA) is 54.1 Å². The second kappa shape index (κ2) is 5.32. The molecule has 2 aromatic carbocycles. The Kier molecular flexibility index (Phi) is 3.27. The lowest BCUT2D eigenvalue weighted by molar-refractivity contribution is 0.0957. The molecule has 0 atom stereocenters. The molecule has 1 aliphatic heterocycles. The highest BCUT2D eigenvalue weighted by molar-refractivity contribution is 6.31. The molecule has 1 aromatic heterocycles. The number of carbonyl (C=O) groups excluding carboxylic acids is 1. The van der Waals surface area contributed by atoms with E-state index in [1.807, 2.05) is 30.3 Å². The lowest BCUT2D eigenvalue weighted by Crippen LogP contribution is -2.23. The number of hydrogen-bond donors (Lipinski definition) is 2. The molecule has 4 nitrogen and oxygen atoms in total. The Morgan fingerprint density at radius 3 is 2.87 bits per heavy atom. The first-order valence-corrected chi connectivity index (χ1v) is 7.82. The third-order valence-electron chi connectivity index (χ3n) is 4.26. The molecule has 5 heteroatoms. The molecule has 0 bridgehead atoms. The Bertz CT molecular complexity index is 930. The first-order chi connectivity index (χ1) is 11.2. The maximum absolute atomic E-state index is 12.2. The summed E-state index contributed by atoms with van der Waals surface area (Å²) in [6, 6.07) is 11.3. The van der Waals surface area contributed by atoms with Crippen molar-refractivity contribution in [2.75, 3.05) is 13.7 Å². The number of ether oxygens (including phenoxy) is 1. The van der Waals surface area contributed by atoms with Gasteiger partial charge in [0.1, 0.15) is 5.75 Å². The van der Waals surface area contributed by atoms with Gasteiger partial charge in [-0.1, -0.05) is 17.7 Å². The average Bonchev–Trinajstić information content (AvgIpc) is 2.84. The van der Waals surface area contributed by atoms with Crippen molar-refractivity contribution >= 4 is 28.4 Å². The fraction of sp³-hybridized carbons (Fsp3) is 0.167. The molecule has 0 aliphatic carbocycles. The van der Waals surface area contributed by atoms with E-state index >= 15 is 0 Å². The molecule has 23 heavy (non-hydrogen) atoms. The summed E-state index contributed by atoms with van der Waals surface area (Å²) in [7, 11) is 1.64. The summed E-state index contributed by atoms with van der Waals surface area (Å²) in [6.45, 7) is 0.607. The van der Waals surface area contributed by atoms with E-state index in [0.717, 1.165) is 39.9 Å². The Labute approximate surface area is 138 Å². The second-order valence-corrected chi connectivity index (χ2v) is 5.99. The summed E-state index contributed by atoms with van der Waals surface area (Å²) in [5, 5.41) is 4.58. The predicted octanol–water partition coefficient (Wildman–Crippen LogP) is 3.78. The molecule has 0 spiro atoms. The molecule has 1 amide bonds. The van der Waals surface area contributed by atoms with E-state index in [-0.39, 0.29) is 5.91 Å². The number of aromatic amines is 1. The largest absolute Gasteiger partial charge is 0.496 e. The van der Waals surface area contributed by atoms with Crippen LogP contribution in [-0.4, -0.2) is 24.5 Å². The number of rotatable bonds is 2. The molecular weight excluding hydrogens is 312 g/mol. The number of carbonyl (C=O) groups is 1. The van der Waals surface area contributed by atoms with Crippen LogP contribution >= 0.6 is 11.6 Å². The minimum atomic E-state index is -0.0297. The first kappa shape index (κ1) is 14.2. The molecule has 2 heterocycles. The van der Waals surface area contributed by atoms with Crippen LogP contribution < -0.4 is 10.1 Å². The quantitative estimate of drug-likeness (QED) is 0.753. The van der Waals surface area contributed by atoms with Gasteiger partial charge in [0.05, 0.1) is 12.8 Å². The molecule has 0 saturated carbocycles. The number of methoxy groups -OCH3 is 1. The summed E-state index contributed by atoms with van der Waals surface area (Å²) in [6.07, 6.45) is 0.758. The lowest BCUT2D eigenvalue weighted by atomic mass is 10.00. The smallest absolute Gasteiger partial charge is 0.251 e. The first-order valence-electron chi connectivity index (χ1n) is 7.44. The minimum Gasteiger partial charge on any atom is -0.496 e. The molecule has 3 aromatic rings. The summed E-state index contributed by atoms with van der Waals surface area (Å²) < 4.78 is 5.49. The molecule has 0 saturated heterocycles. The highest BCUT2D eigenvalue weighted by Crippen LogP contribution is 2.39. The summed E-state index contributed by atoms with van der Waals surface area (Å²) in [4.78, 5) is 15.7. The van der Waals surface area contributed by atoms with Gasteiger partial charge in [0, 0.05) is 33.6 Å². The number of aromatic nitrogens is 1. The van der Waals surface area contributed by atoms with Gasteiger partial charge in [-0.3, -0.25) is 4.79 Å². The fourth-order valence-electron chi connectivity index (χ4n) is 3.26. The maximum atomic E-state index is 12.2. The standard InChI is InChI=1S/C18H15ClN2O2/c1-23-15-6-5-10(19)9-13(15)17-11-7-8-20-18(22)12-3-2-4-14(21-17)16(11)12/h2-6,9,21H,7-8H2,1H3,(H,20,22). The molecule has 116 valence electrons. The van der Waals surface area contributed by atoms with E-state index in [1.165, 1.54) is 0 Å². The minimum absolute atomic E-state index is 0.0297. The predicted molar refractivity (Wildman–Crippen MR) is 91.3 cm³/mol. The Morgan fingerprint density at radius 2 is 2.04 bits per heavy atom. The zero-order valence-corrected chi connectivity index (χ0v) is 13.3. The van der Waals surface area contributed by atoms with Crippen LogP contribution in [0, 0.1) is 0 Å². The molecule has 1 aliphatic rings. The maximum Gasteiger partial charge on any atom is 0.251 e. The van der Waals surface area contributed by atoms with Crippen LogP contribution in [0.5, 0.6) is 5.75 Å². The van der Waals surface area contributed by atoms with Gasteiger partial charge < -0.3 is 15.0 Å². The van der Waals surface area contributed by atoms with Crippen molar-refractivity contribution in [2.45, 2.75) is 6.42 Å². The van der Waals surface area contributed by atoms with Gasteiger partial charge in [-0.25, -0.2) is 0 Å². The van der Waals surface area contributed by atoms with E-state index in [0.29, 0.717) is 17.1 Å². The van der Waals surface area contributed by atoms with Crippen LogP contribution in [0.25, 0.3) is 22.2 Å². The van der Waals surface area contributed by atoms with Gasteiger partial charge in [0.2, 0.25) is 0 Å². The molecule has 2 N–H and O–H groups in total. The van der Waals surface area contributed by atoms with E-state index in [4.69, 9.17) is 16.3 Å². The van der Waals surface area contributed by atoms with Crippen LogP contribution in [-0.2, 0) is 6.42 Å². The van der Waals surface area contributed by atoms with E-state index in [1.54, 1.807) is 13.2 Å². The third-order valence-corrected chi connectivity index (χ3v) is 4.50. The molecular formula is C18H15ClN2O2. The average molecular weight is 327 g/mol. The van der Waals surface area contributed by atoms with Crippen molar-refractivity contribution in [1.82, 2.24) is 10.3 Å². The Hall–Kier alpha value is -2.46. The molecule has 4 rings (SSSR count). The van der Waals surface area contributed by atoms with Crippen LogP contribution in [0.4, 0.5) is 0 Å². The highest BCUT2D eigenvalue weighted by atomic mass is 35.5. The SMILES string of the molecule is COc1ccc(Cl)cc1-c1[nH]c2cccc3c2c1CCNC3=O. The van der Waals surface area contributed by atoms with Crippen LogP contribution in [0.15, 0.2) is 36.4 Å². The van der Waals surface area contributed by atoms with Crippen molar-refractivity contribution in [3.63, 3.8) is 0 Å². The third kappa shape index (κ3) is 2.18. The van der Waals surface area contributed by atoms with Crippen LogP contribution in [0.2, 0.25) is 5.02 Å². The normalized spacial score (nSPS) is 13.7. The van der Waals surface area contributed by atoms with E-state index < -0.39 is 0 Å². The van der Waals surface area contributed by atoms with Crippen molar-refractivity contribution < 1.29 is 9.53 Å². The Morgan fingerprint density at radius 1 is 1.17 bits per heavy atom. The number of nitrogens with one attached hydrogen (secondary N) is 2. The summed E-state index contributed by atoms with van der Waals surface area (Å²) in [5.41, 5.74) is 4.65. The summed E-state index contributed by atoms with van der Waals surface area (Å²) >= 11 is 6.18. The second-order valence-electron chi connectivity index (χ2n) is 5.56. The lowest BCUT2D eigenvalue weighted by Gasteiger charge is -2.10. The van der Waals surface area contributed by atoms with E-state index in [2.05, 4.69) is 10.3 Å². The van der Waals surface area contributed by atoms with E-state index in [9.17, 15) is 4.79 Å². The van der Waals surface area contributed by atoms with Crippen molar-refractivity contribution in [3.05, 3.63) is 52.5 Å². The number of benzene rings is 2. The highest BCUT2D eigenvalue weighted by Gasteiger charge is 2.23. The number of halogens is 1. The van der Waals surface area contributed by atoms with Crippen molar-refractivity contribution in [2.24, 2.45) is 0 Å². The van der Waals surface area contributed by atoms with Gasteiger partial charge in [-0.05, 0) is 42.3 Å². The van der Waals surface area contributed by atoms with Gasteiger partial charge in [0.25, 0.3) is 5.91 Å². The van der Waals surface area contributed by atoms with Crippen LogP contribution in [0.3, 0.4) is 0 Å². The molecule has 0 fully saturated rings. The van der Waals surface area contributed by atoms with Gasteiger partial charge in [0.15, 0.2) is 0 Å². The van der Waals surface area contributed by atoms with Crippen molar-refractivity contribution in [3.8, 4) is 17.0 Å². The fourth-order valence-corrected chi connectivity index (χ4v) is 3.43. The zero-order chi connectivity index (χ0) is 16.0. The number of H-pyrrole nitrogens is 1. The number of hydrogen-bond acceptors (Lipinski definition) is 2. The van der Waals surface area contributed by atoms with Gasteiger partial charge in [-0.15, -0.1) is 0 Å². The van der Waals surface area contributed by atoms with Crippen molar-refractivity contribution in [1.29, 1.82) is 0 Å². The molecule has 0 radical (unpaired) electrons. The summed E-state index contributed by atoms with van der Waals surface area (Å²) in [5.74, 6) is 0.722. The zero-order valence-electron chi connectivity index (χ0n) is 12.6. The van der Waals surface area contributed by atoms with Gasteiger partial charge >= 0.3 is 0 Å².